The molecule has 0 aliphatic heterocycles. The molecular formula is C24H23N3O4S2. The fourth-order valence-corrected chi connectivity index (χ4v) is 5.73. The van der Waals surface area contributed by atoms with Gasteiger partial charge in [-0.1, -0.05) is 29.5 Å². The van der Waals surface area contributed by atoms with E-state index in [1.54, 1.807) is 60.0 Å². The molecule has 0 saturated heterocycles. The van der Waals surface area contributed by atoms with Crippen molar-refractivity contribution in [1.82, 2.24) is 4.57 Å². The zero-order valence-corrected chi connectivity index (χ0v) is 20.0. The van der Waals surface area contributed by atoms with Gasteiger partial charge in [-0.05, 0) is 74.9 Å². The van der Waals surface area contributed by atoms with Crippen molar-refractivity contribution < 1.29 is 13.2 Å². The SMILES string of the molecule is Cc1cc(C(=O)Nc2ccc3c(c2)sc(=O)n3C(C)C)ccc1NS(=O)(=O)c1ccccc1. The summed E-state index contributed by atoms with van der Waals surface area (Å²) < 4.78 is 30.2. The van der Waals surface area contributed by atoms with Gasteiger partial charge in [0, 0.05) is 17.3 Å². The Balaban J connectivity index is 1.54. The van der Waals surface area contributed by atoms with E-state index in [2.05, 4.69) is 10.0 Å². The Kier molecular flexibility index (Phi) is 6.09. The molecule has 2 N–H and O–H groups in total. The number of sulfonamides is 1. The van der Waals surface area contributed by atoms with Gasteiger partial charge in [0.2, 0.25) is 0 Å². The summed E-state index contributed by atoms with van der Waals surface area (Å²) in [5, 5.41) is 2.85. The Bertz CT molecular complexity index is 1500. The molecule has 0 atom stereocenters. The maximum atomic E-state index is 12.8. The van der Waals surface area contributed by atoms with Crippen LogP contribution < -0.4 is 14.9 Å². The summed E-state index contributed by atoms with van der Waals surface area (Å²) in [6.45, 7) is 5.64. The van der Waals surface area contributed by atoms with Crippen LogP contribution in [0.3, 0.4) is 0 Å². The van der Waals surface area contributed by atoms with Crippen LogP contribution in [0.4, 0.5) is 11.4 Å². The highest BCUT2D eigenvalue weighted by atomic mass is 32.2. The van der Waals surface area contributed by atoms with Gasteiger partial charge >= 0.3 is 4.87 Å². The molecule has 4 rings (SSSR count). The third-order valence-electron chi connectivity index (χ3n) is 5.17. The molecule has 3 aromatic carbocycles. The third-order valence-corrected chi connectivity index (χ3v) is 7.47. The second kappa shape index (κ2) is 8.84. The van der Waals surface area contributed by atoms with E-state index in [0.29, 0.717) is 22.5 Å². The van der Waals surface area contributed by atoms with Crippen LogP contribution in [0.15, 0.2) is 76.4 Å². The normalized spacial score (nSPS) is 11.6. The number of nitrogens with one attached hydrogen (secondary N) is 2. The second-order valence-electron chi connectivity index (χ2n) is 7.92. The fourth-order valence-electron chi connectivity index (χ4n) is 3.53. The van der Waals surface area contributed by atoms with Gasteiger partial charge in [-0.25, -0.2) is 8.42 Å². The molecular weight excluding hydrogens is 458 g/mol. The Hall–Kier alpha value is -3.43. The van der Waals surface area contributed by atoms with Crippen LogP contribution in [0.1, 0.15) is 35.8 Å². The van der Waals surface area contributed by atoms with Crippen LogP contribution in [0.5, 0.6) is 0 Å². The molecule has 170 valence electrons. The summed E-state index contributed by atoms with van der Waals surface area (Å²) in [5.41, 5.74) is 2.82. The van der Waals surface area contributed by atoms with Crippen LogP contribution in [0, 0.1) is 6.92 Å². The van der Waals surface area contributed by atoms with Crippen LogP contribution in [-0.2, 0) is 10.0 Å². The van der Waals surface area contributed by atoms with Crippen molar-refractivity contribution in [3.8, 4) is 0 Å². The standard InChI is InChI=1S/C24H23N3O4S2/c1-15(2)27-21-12-10-18(14-22(21)32-24(27)29)25-23(28)17-9-11-20(16(3)13-17)26-33(30,31)19-7-5-4-6-8-19/h4-15,26H,1-3H3,(H,25,28). The van der Waals surface area contributed by atoms with E-state index in [9.17, 15) is 18.0 Å². The first-order valence-electron chi connectivity index (χ1n) is 10.3. The lowest BCUT2D eigenvalue weighted by atomic mass is 10.1. The molecule has 1 aromatic heterocycles. The molecule has 9 heteroatoms. The minimum atomic E-state index is -3.72. The highest BCUT2D eigenvalue weighted by molar-refractivity contribution is 7.92. The van der Waals surface area contributed by atoms with Gasteiger partial charge < -0.3 is 5.32 Å². The minimum absolute atomic E-state index is 0.0346. The zero-order chi connectivity index (χ0) is 23.8. The Morgan fingerprint density at radius 3 is 2.39 bits per heavy atom. The predicted molar refractivity (Wildman–Crippen MR) is 133 cm³/mol. The van der Waals surface area contributed by atoms with Gasteiger partial charge in [-0.2, -0.15) is 0 Å². The monoisotopic (exact) mass is 481 g/mol. The Labute approximate surface area is 195 Å². The fraction of sp³-hybridized carbons (Fsp3) is 0.167. The quantitative estimate of drug-likeness (QED) is 0.405. The van der Waals surface area contributed by atoms with Crippen molar-refractivity contribution >= 4 is 48.9 Å². The first kappa shape index (κ1) is 22.8. The highest BCUT2D eigenvalue weighted by Crippen LogP contribution is 2.25. The number of hydrogen-bond acceptors (Lipinski definition) is 5. The molecule has 4 aromatic rings. The van der Waals surface area contributed by atoms with Crippen molar-refractivity contribution in [2.45, 2.75) is 31.7 Å². The van der Waals surface area contributed by atoms with E-state index in [-0.39, 0.29) is 21.7 Å². The molecule has 0 fully saturated rings. The molecule has 1 heterocycles. The van der Waals surface area contributed by atoms with Gasteiger partial charge in [-0.15, -0.1) is 0 Å². The van der Waals surface area contributed by atoms with Crippen molar-refractivity contribution in [3.05, 3.63) is 87.5 Å². The number of benzene rings is 3. The average Bonchev–Trinajstić information content (AvgIpc) is 3.10. The van der Waals surface area contributed by atoms with E-state index in [4.69, 9.17) is 0 Å². The third kappa shape index (κ3) is 4.69. The number of nitrogens with zero attached hydrogens (tertiary/aromatic N) is 1. The summed E-state index contributed by atoms with van der Waals surface area (Å²) in [5.74, 6) is -0.328. The number of hydrogen-bond donors (Lipinski definition) is 2. The molecule has 0 aliphatic carbocycles. The van der Waals surface area contributed by atoms with Gasteiger partial charge in [0.05, 0.1) is 20.8 Å². The lowest BCUT2D eigenvalue weighted by Crippen LogP contribution is -2.15. The van der Waals surface area contributed by atoms with Crippen molar-refractivity contribution in [2.24, 2.45) is 0 Å². The first-order chi connectivity index (χ1) is 15.7. The van der Waals surface area contributed by atoms with Gasteiger partial charge in [0.15, 0.2) is 0 Å². The van der Waals surface area contributed by atoms with Crippen molar-refractivity contribution in [2.75, 3.05) is 10.0 Å². The van der Waals surface area contributed by atoms with Gasteiger partial charge in [-0.3, -0.25) is 18.9 Å². The highest BCUT2D eigenvalue weighted by Gasteiger charge is 2.16. The molecule has 0 saturated carbocycles. The average molecular weight is 482 g/mol. The van der Waals surface area contributed by atoms with E-state index in [1.165, 1.54) is 12.1 Å². The number of carbonyl (C=O) groups is 1. The van der Waals surface area contributed by atoms with Crippen LogP contribution in [0.25, 0.3) is 10.2 Å². The van der Waals surface area contributed by atoms with Crippen molar-refractivity contribution in [3.63, 3.8) is 0 Å². The number of rotatable bonds is 6. The van der Waals surface area contributed by atoms with Crippen LogP contribution >= 0.6 is 11.3 Å². The van der Waals surface area contributed by atoms with E-state index in [0.717, 1.165) is 21.6 Å². The first-order valence-corrected chi connectivity index (χ1v) is 12.6. The molecule has 0 unspecified atom stereocenters. The van der Waals surface area contributed by atoms with Crippen molar-refractivity contribution in [1.29, 1.82) is 0 Å². The zero-order valence-electron chi connectivity index (χ0n) is 18.3. The lowest BCUT2D eigenvalue weighted by molar-refractivity contribution is 0.102. The molecule has 33 heavy (non-hydrogen) atoms. The molecule has 0 spiro atoms. The maximum Gasteiger partial charge on any atom is 0.308 e. The summed E-state index contributed by atoms with van der Waals surface area (Å²) in [7, 11) is -3.72. The summed E-state index contributed by atoms with van der Waals surface area (Å²) in [4.78, 5) is 25.2. The number of thiazole rings is 1. The van der Waals surface area contributed by atoms with E-state index < -0.39 is 10.0 Å². The summed E-state index contributed by atoms with van der Waals surface area (Å²) in [6.07, 6.45) is 0. The van der Waals surface area contributed by atoms with Crippen LogP contribution in [-0.4, -0.2) is 18.9 Å². The number of anilines is 2. The van der Waals surface area contributed by atoms with Gasteiger partial charge in [0.1, 0.15) is 0 Å². The lowest BCUT2D eigenvalue weighted by Gasteiger charge is -2.12. The summed E-state index contributed by atoms with van der Waals surface area (Å²) >= 11 is 1.14. The number of aryl methyl sites for hydroxylation is 1. The van der Waals surface area contributed by atoms with Gasteiger partial charge in [0.25, 0.3) is 15.9 Å². The predicted octanol–water partition coefficient (Wildman–Crippen LogP) is 5.01. The minimum Gasteiger partial charge on any atom is -0.322 e. The molecule has 0 radical (unpaired) electrons. The smallest absolute Gasteiger partial charge is 0.308 e. The Morgan fingerprint density at radius 2 is 1.73 bits per heavy atom. The molecule has 7 nitrogen and oxygen atoms in total. The summed E-state index contributed by atoms with van der Waals surface area (Å²) in [6, 6.07) is 18.3. The molecule has 0 bridgehead atoms. The van der Waals surface area contributed by atoms with E-state index in [1.807, 2.05) is 19.9 Å². The number of carbonyl (C=O) groups excluding carboxylic acids is 1. The topological polar surface area (TPSA) is 97.3 Å². The van der Waals surface area contributed by atoms with E-state index >= 15 is 0 Å². The van der Waals surface area contributed by atoms with Crippen LogP contribution in [0.2, 0.25) is 0 Å². The Morgan fingerprint density at radius 1 is 1.00 bits per heavy atom. The largest absolute Gasteiger partial charge is 0.322 e. The maximum absolute atomic E-state index is 12.8. The molecule has 1 amide bonds. The number of fused-ring (bicyclic) bond motifs is 1. The number of amides is 1. The number of aromatic nitrogens is 1. The molecule has 0 aliphatic rings. The second-order valence-corrected chi connectivity index (χ2v) is 10.6.